The van der Waals surface area contributed by atoms with Gasteiger partial charge < -0.3 is 9.64 Å². The normalized spacial score (nSPS) is 10.8. The molecule has 0 aliphatic rings. The molecule has 1 N–H and O–H groups in total. The summed E-state index contributed by atoms with van der Waals surface area (Å²) in [6, 6.07) is 11.9. The number of hydrogen-bond acceptors (Lipinski definition) is 1. The minimum atomic E-state index is 0.655. The van der Waals surface area contributed by atoms with E-state index in [0.29, 0.717) is 6.61 Å². The van der Waals surface area contributed by atoms with Crippen molar-refractivity contribution in [3.63, 3.8) is 0 Å². The molecule has 0 saturated carbocycles. The molecule has 2 aromatic rings. The molecular formula is C18H21ClNO+. The van der Waals surface area contributed by atoms with Gasteiger partial charge in [-0.25, -0.2) is 0 Å². The van der Waals surface area contributed by atoms with Crippen molar-refractivity contribution in [3.8, 4) is 5.75 Å². The molecule has 0 amide bonds. The maximum Gasteiger partial charge on any atom is 0.137 e. The minimum absolute atomic E-state index is 0.655. The molecule has 3 heteroatoms. The first-order valence-corrected chi connectivity index (χ1v) is 7.49. The zero-order valence-corrected chi connectivity index (χ0v) is 12.9. The van der Waals surface area contributed by atoms with Crippen LogP contribution < -0.4 is 9.64 Å². The van der Waals surface area contributed by atoms with Gasteiger partial charge in [-0.15, -0.1) is 0 Å². The highest BCUT2D eigenvalue weighted by Crippen LogP contribution is 2.30. The van der Waals surface area contributed by atoms with E-state index in [-0.39, 0.29) is 0 Å². The third-order valence-corrected chi connectivity index (χ3v) is 3.74. The average molecular weight is 303 g/mol. The number of nitrogens with one attached hydrogen (secondary N) is 1. The Bertz CT molecular complexity index is 614. The number of fused-ring (bicyclic) bond motifs is 1. The van der Waals surface area contributed by atoms with Gasteiger partial charge in [0.05, 0.1) is 13.1 Å². The number of halogens is 1. The molecular weight excluding hydrogens is 282 g/mol. The Labute approximate surface area is 131 Å². The number of quaternary nitrogens is 1. The molecule has 0 aromatic heterocycles. The van der Waals surface area contributed by atoms with Crippen molar-refractivity contribution in [1.82, 2.24) is 0 Å². The molecule has 2 aromatic carbocycles. The van der Waals surface area contributed by atoms with Crippen LogP contribution in [0.2, 0.25) is 5.02 Å². The van der Waals surface area contributed by atoms with Gasteiger partial charge in [-0.05, 0) is 24.3 Å². The van der Waals surface area contributed by atoms with Gasteiger partial charge in [-0.1, -0.05) is 49.0 Å². The first kappa shape index (κ1) is 15.6. The lowest BCUT2D eigenvalue weighted by Crippen LogP contribution is -3.12. The standard InChI is InChI=1S/C18H20ClNO/c1-3-11-20(12-4-2)13-14-21-18-10-9-17(19)15-7-5-6-8-16(15)18/h3-10H,1-2,11-14H2/p+1. The summed E-state index contributed by atoms with van der Waals surface area (Å²) in [6.07, 6.45) is 3.85. The molecule has 2 rings (SSSR count). The fourth-order valence-corrected chi connectivity index (χ4v) is 2.59. The van der Waals surface area contributed by atoms with Crippen LogP contribution in [0.4, 0.5) is 0 Å². The molecule has 0 aliphatic carbocycles. The predicted octanol–water partition coefficient (Wildman–Crippen LogP) is 3.13. The lowest BCUT2D eigenvalue weighted by atomic mass is 10.1. The Morgan fingerprint density at radius 3 is 2.33 bits per heavy atom. The summed E-state index contributed by atoms with van der Waals surface area (Å²) in [7, 11) is 0. The van der Waals surface area contributed by atoms with Gasteiger partial charge in [0.1, 0.15) is 18.9 Å². The van der Waals surface area contributed by atoms with Gasteiger partial charge in [0, 0.05) is 15.8 Å². The van der Waals surface area contributed by atoms with Crippen LogP contribution >= 0.6 is 11.6 Å². The molecule has 0 unspecified atom stereocenters. The lowest BCUT2D eigenvalue weighted by Gasteiger charge is -2.17. The molecule has 110 valence electrons. The summed E-state index contributed by atoms with van der Waals surface area (Å²) in [5, 5.41) is 2.83. The average Bonchev–Trinajstić information content (AvgIpc) is 2.50. The van der Waals surface area contributed by atoms with E-state index in [2.05, 4.69) is 13.2 Å². The predicted molar refractivity (Wildman–Crippen MR) is 90.4 cm³/mol. The van der Waals surface area contributed by atoms with Crippen LogP contribution in [0.3, 0.4) is 0 Å². The Morgan fingerprint density at radius 2 is 1.67 bits per heavy atom. The maximum atomic E-state index is 6.21. The topological polar surface area (TPSA) is 13.7 Å². The van der Waals surface area contributed by atoms with Gasteiger partial charge in [0.2, 0.25) is 0 Å². The molecule has 0 bridgehead atoms. The van der Waals surface area contributed by atoms with Crippen molar-refractivity contribution >= 4 is 22.4 Å². The number of ether oxygens (including phenoxy) is 1. The zero-order valence-electron chi connectivity index (χ0n) is 12.1. The molecule has 2 nitrogen and oxygen atoms in total. The van der Waals surface area contributed by atoms with E-state index in [0.717, 1.165) is 41.2 Å². The monoisotopic (exact) mass is 302 g/mol. The van der Waals surface area contributed by atoms with E-state index in [4.69, 9.17) is 16.3 Å². The zero-order chi connectivity index (χ0) is 15.1. The molecule has 0 saturated heterocycles. The van der Waals surface area contributed by atoms with E-state index in [1.165, 1.54) is 4.90 Å². The summed E-state index contributed by atoms with van der Waals surface area (Å²) in [5.74, 6) is 0.881. The SMILES string of the molecule is C=CC[NH+](CC=C)CCOc1ccc(Cl)c2ccccc12. The van der Waals surface area contributed by atoms with Crippen LogP contribution in [0.5, 0.6) is 5.75 Å². The van der Waals surface area contributed by atoms with Crippen molar-refractivity contribution in [1.29, 1.82) is 0 Å². The fraction of sp³-hybridized carbons (Fsp3) is 0.222. The summed E-state index contributed by atoms with van der Waals surface area (Å²) in [6.45, 7) is 11.0. The van der Waals surface area contributed by atoms with Crippen LogP contribution in [0.15, 0.2) is 61.7 Å². The Kier molecular flexibility index (Phi) is 5.85. The van der Waals surface area contributed by atoms with Crippen LogP contribution in [-0.4, -0.2) is 26.2 Å². The first-order chi connectivity index (χ1) is 10.3. The highest BCUT2D eigenvalue weighted by atomic mass is 35.5. The summed E-state index contributed by atoms with van der Waals surface area (Å²) in [5.41, 5.74) is 0. The van der Waals surface area contributed by atoms with E-state index in [1.807, 2.05) is 48.6 Å². The third kappa shape index (κ3) is 4.10. The van der Waals surface area contributed by atoms with Gasteiger partial charge in [-0.3, -0.25) is 0 Å². The Morgan fingerprint density at radius 1 is 1.00 bits per heavy atom. The van der Waals surface area contributed by atoms with Crippen molar-refractivity contribution in [2.24, 2.45) is 0 Å². The molecule has 0 aliphatic heterocycles. The fourth-order valence-electron chi connectivity index (χ4n) is 2.36. The molecule has 0 spiro atoms. The van der Waals surface area contributed by atoms with E-state index in [1.54, 1.807) is 0 Å². The van der Waals surface area contributed by atoms with E-state index in [9.17, 15) is 0 Å². The van der Waals surface area contributed by atoms with Crippen molar-refractivity contribution in [2.45, 2.75) is 0 Å². The van der Waals surface area contributed by atoms with Crippen LogP contribution in [0.25, 0.3) is 10.8 Å². The van der Waals surface area contributed by atoms with Crippen LogP contribution in [0, 0.1) is 0 Å². The highest BCUT2D eigenvalue weighted by Gasteiger charge is 2.07. The summed E-state index contributed by atoms with van der Waals surface area (Å²) >= 11 is 6.21. The molecule has 0 radical (unpaired) electrons. The minimum Gasteiger partial charge on any atom is -0.487 e. The van der Waals surface area contributed by atoms with Crippen LogP contribution in [0.1, 0.15) is 0 Å². The lowest BCUT2D eigenvalue weighted by molar-refractivity contribution is -0.888. The second kappa shape index (κ2) is 7.87. The quantitative estimate of drug-likeness (QED) is 0.740. The number of rotatable bonds is 8. The Balaban J connectivity index is 2.05. The van der Waals surface area contributed by atoms with E-state index < -0.39 is 0 Å². The third-order valence-electron chi connectivity index (χ3n) is 3.41. The largest absolute Gasteiger partial charge is 0.487 e. The molecule has 0 fully saturated rings. The van der Waals surface area contributed by atoms with Crippen LogP contribution in [-0.2, 0) is 0 Å². The molecule has 0 atom stereocenters. The second-order valence-corrected chi connectivity index (χ2v) is 5.33. The van der Waals surface area contributed by atoms with Gasteiger partial charge >= 0.3 is 0 Å². The second-order valence-electron chi connectivity index (χ2n) is 4.93. The maximum absolute atomic E-state index is 6.21. The van der Waals surface area contributed by atoms with E-state index >= 15 is 0 Å². The Hall–Kier alpha value is -1.77. The van der Waals surface area contributed by atoms with Gasteiger partial charge in [-0.2, -0.15) is 0 Å². The summed E-state index contributed by atoms with van der Waals surface area (Å²) in [4.78, 5) is 1.39. The molecule has 21 heavy (non-hydrogen) atoms. The van der Waals surface area contributed by atoms with Crippen molar-refractivity contribution in [3.05, 3.63) is 66.7 Å². The first-order valence-electron chi connectivity index (χ1n) is 7.11. The molecule has 0 heterocycles. The van der Waals surface area contributed by atoms with Crippen molar-refractivity contribution < 1.29 is 9.64 Å². The van der Waals surface area contributed by atoms with Gasteiger partial charge in [0.15, 0.2) is 0 Å². The van der Waals surface area contributed by atoms with Crippen molar-refractivity contribution in [2.75, 3.05) is 26.2 Å². The highest BCUT2D eigenvalue weighted by molar-refractivity contribution is 6.35. The van der Waals surface area contributed by atoms with Gasteiger partial charge in [0.25, 0.3) is 0 Å². The number of hydrogen-bond donors (Lipinski definition) is 1. The number of benzene rings is 2. The summed E-state index contributed by atoms with van der Waals surface area (Å²) < 4.78 is 5.95. The smallest absolute Gasteiger partial charge is 0.137 e.